The molecule has 5 rings (SSSR count). The number of ether oxygens (including phenoxy) is 1. The third kappa shape index (κ3) is 3.28. The highest BCUT2D eigenvalue weighted by Gasteiger charge is 2.31. The predicted octanol–water partition coefficient (Wildman–Crippen LogP) is 2.21. The van der Waals surface area contributed by atoms with Crippen LogP contribution >= 0.6 is 0 Å². The summed E-state index contributed by atoms with van der Waals surface area (Å²) >= 11 is 0. The first kappa shape index (κ1) is 18.5. The maximum absolute atomic E-state index is 11.8. The van der Waals surface area contributed by atoms with E-state index in [1.165, 1.54) is 6.26 Å². The first-order chi connectivity index (χ1) is 13.9. The number of nitrogens with zero attached hydrogens (tertiary/aromatic N) is 5. The van der Waals surface area contributed by atoms with Crippen molar-refractivity contribution in [2.24, 2.45) is 0 Å². The van der Waals surface area contributed by atoms with Crippen LogP contribution in [0.4, 0.5) is 5.95 Å². The summed E-state index contributed by atoms with van der Waals surface area (Å²) in [6, 6.07) is 6.42. The largest absolute Gasteiger partial charge is 0.371 e. The van der Waals surface area contributed by atoms with E-state index in [0.29, 0.717) is 38.7 Å². The molecule has 1 aromatic carbocycles. The fourth-order valence-corrected chi connectivity index (χ4v) is 5.19. The number of aromatic nitrogens is 4. The summed E-state index contributed by atoms with van der Waals surface area (Å²) < 4.78 is 31.4. The molecule has 29 heavy (non-hydrogen) atoms. The van der Waals surface area contributed by atoms with Crippen LogP contribution in [0.1, 0.15) is 25.2 Å². The van der Waals surface area contributed by atoms with Crippen molar-refractivity contribution in [1.29, 1.82) is 0 Å². The third-order valence-corrected chi connectivity index (χ3v) is 7.39. The number of imidazole rings is 1. The van der Waals surface area contributed by atoms with Crippen LogP contribution in [-0.4, -0.2) is 59.1 Å². The molecule has 2 aliphatic heterocycles. The second kappa shape index (κ2) is 6.77. The Morgan fingerprint density at radius 2 is 1.97 bits per heavy atom. The molecule has 0 unspecified atom stereocenters. The maximum atomic E-state index is 11.8. The van der Waals surface area contributed by atoms with Gasteiger partial charge in [-0.05, 0) is 31.0 Å². The van der Waals surface area contributed by atoms with Crippen LogP contribution in [-0.2, 0) is 21.2 Å². The molecule has 8 nitrogen and oxygen atoms in total. The van der Waals surface area contributed by atoms with Crippen molar-refractivity contribution < 1.29 is 13.2 Å². The highest BCUT2D eigenvalue weighted by Crippen LogP contribution is 2.30. The Hall–Kier alpha value is -2.52. The van der Waals surface area contributed by atoms with Crippen LogP contribution in [0.3, 0.4) is 0 Å². The molecule has 0 bridgehead atoms. The van der Waals surface area contributed by atoms with Gasteiger partial charge in [0, 0.05) is 37.3 Å². The molecule has 9 heteroatoms. The molecule has 1 fully saturated rings. The zero-order valence-electron chi connectivity index (χ0n) is 16.4. The Morgan fingerprint density at radius 1 is 1.17 bits per heavy atom. The van der Waals surface area contributed by atoms with E-state index < -0.39 is 9.84 Å². The highest BCUT2D eigenvalue weighted by molar-refractivity contribution is 7.91. The number of benzene rings is 1. The van der Waals surface area contributed by atoms with Crippen LogP contribution in [0, 0.1) is 0 Å². The van der Waals surface area contributed by atoms with E-state index in [1.807, 2.05) is 17.0 Å². The Balaban J connectivity index is 1.43. The summed E-state index contributed by atoms with van der Waals surface area (Å²) in [6.07, 6.45) is 5.52. The summed E-state index contributed by atoms with van der Waals surface area (Å²) in [7, 11) is -3.04. The molecule has 4 heterocycles. The van der Waals surface area contributed by atoms with E-state index in [1.54, 1.807) is 12.4 Å². The van der Waals surface area contributed by atoms with Gasteiger partial charge in [-0.1, -0.05) is 6.07 Å². The molecule has 1 saturated heterocycles. The number of sulfone groups is 1. The zero-order chi connectivity index (χ0) is 20.2. The SMILES string of the molecule is C[C@H]1COCc2nc3ccc(-c4cnc(N5CC[C@@H](S(C)(=O)=O)C5)nc4)cc3n21. The van der Waals surface area contributed by atoms with E-state index in [-0.39, 0.29) is 11.3 Å². The first-order valence-corrected chi connectivity index (χ1v) is 11.7. The van der Waals surface area contributed by atoms with Crippen molar-refractivity contribution in [3.63, 3.8) is 0 Å². The molecule has 0 amide bonds. The molecule has 0 radical (unpaired) electrons. The zero-order valence-corrected chi connectivity index (χ0v) is 17.3. The lowest BCUT2D eigenvalue weighted by molar-refractivity contribution is 0.0621. The molecule has 3 aromatic rings. The average molecular weight is 414 g/mol. The van der Waals surface area contributed by atoms with Gasteiger partial charge in [0.1, 0.15) is 12.4 Å². The van der Waals surface area contributed by atoms with E-state index in [0.717, 1.165) is 28.0 Å². The Labute approximate surface area is 169 Å². The fraction of sp³-hybridized carbons (Fsp3) is 0.450. The predicted molar refractivity (Wildman–Crippen MR) is 111 cm³/mol. The molecule has 2 aliphatic rings. The summed E-state index contributed by atoms with van der Waals surface area (Å²) in [5.74, 6) is 1.53. The van der Waals surface area contributed by atoms with Gasteiger partial charge in [-0.2, -0.15) is 0 Å². The van der Waals surface area contributed by atoms with E-state index in [4.69, 9.17) is 4.74 Å². The minimum absolute atomic E-state index is 0.246. The van der Waals surface area contributed by atoms with Gasteiger partial charge >= 0.3 is 0 Å². The number of rotatable bonds is 3. The molecule has 0 saturated carbocycles. The summed E-state index contributed by atoms with van der Waals surface area (Å²) in [5, 5.41) is -0.341. The lowest BCUT2D eigenvalue weighted by atomic mass is 10.1. The average Bonchev–Trinajstić information content (AvgIpc) is 3.33. The first-order valence-electron chi connectivity index (χ1n) is 9.75. The van der Waals surface area contributed by atoms with Gasteiger partial charge < -0.3 is 14.2 Å². The molecule has 0 aliphatic carbocycles. The molecule has 152 valence electrons. The van der Waals surface area contributed by atoms with E-state index in [9.17, 15) is 8.42 Å². The lowest BCUT2D eigenvalue weighted by Gasteiger charge is -2.22. The molecular formula is C20H23N5O3S. The van der Waals surface area contributed by atoms with Crippen LogP contribution in [0.25, 0.3) is 22.2 Å². The number of hydrogen-bond donors (Lipinski definition) is 0. The monoisotopic (exact) mass is 413 g/mol. The van der Waals surface area contributed by atoms with Gasteiger partial charge in [-0.25, -0.2) is 23.4 Å². The van der Waals surface area contributed by atoms with E-state index in [2.05, 4.69) is 32.5 Å². The summed E-state index contributed by atoms with van der Waals surface area (Å²) in [6.45, 7) is 4.46. The summed E-state index contributed by atoms with van der Waals surface area (Å²) in [5.41, 5.74) is 4.00. The standard InChI is InChI=1S/C20H23N5O3S/c1-13-11-28-12-19-23-17-4-3-14(7-18(17)25(13)19)15-8-21-20(22-9-15)24-6-5-16(10-24)29(2,26)27/h3-4,7-9,13,16H,5-6,10-12H2,1-2H3/t13-,16+/m0/s1. The molecule has 0 spiro atoms. The van der Waals surface area contributed by atoms with Gasteiger partial charge in [0.25, 0.3) is 0 Å². The summed E-state index contributed by atoms with van der Waals surface area (Å²) in [4.78, 5) is 15.6. The van der Waals surface area contributed by atoms with Crippen molar-refractivity contribution in [1.82, 2.24) is 19.5 Å². The highest BCUT2D eigenvalue weighted by atomic mass is 32.2. The minimum atomic E-state index is -3.04. The molecular weight excluding hydrogens is 390 g/mol. The number of fused-ring (bicyclic) bond motifs is 3. The smallest absolute Gasteiger partial charge is 0.225 e. The minimum Gasteiger partial charge on any atom is -0.371 e. The van der Waals surface area contributed by atoms with Gasteiger partial charge in [0.15, 0.2) is 9.84 Å². The van der Waals surface area contributed by atoms with Crippen LogP contribution < -0.4 is 4.90 Å². The van der Waals surface area contributed by atoms with Gasteiger partial charge in [0.2, 0.25) is 5.95 Å². The van der Waals surface area contributed by atoms with Crippen molar-refractivity contribution >= 4 is 26.8 Å². The molecule has 2 atom stereocenters. The quantitative estimate of drug-likeness (QED) is 0.650. The van der Waals surface area contributed by atoms with Crippen LogP contribution in [0.15, 0.2) is 30.6 Å². The second-order valence-corrected chi connectivity index (χ2v) is 10.2. The van der Waals surface area contributed by atoms with Crippen LogP contribution in [0.5, 0.6) is 0 Å². The molecule has 2 aromatic heterocycles. The van der Waals surface area contributed by atoms with Gasteiger partial charge in [-0.15, -0.1) is 0 Å². The Kier molecular flexibility index (Phi) is 4.32. The van der Waals surface area contributed by atoms with Crippen molar-refractivity contribution in [2.75, 3.05) is 30.9 Å². The fourth-order valence-electron chi connectivity index (χ4n) is 4.20. The third-order valence-electron chi connectivity index (χ3n) is 5.80. The Bertz CT molecular complexity index is 1170. The normalized spacial score (nSPS) is 22.2. The van der Waals surface area contributed by atoms with Crippen molar-refractivity contribution in [3.05, 3.63) is 36.4 Å². The van der Waals surface area contributed by atoms with Gasteiger partial charge in [-0.3, -0.25) is 0 Å². The Morgan fingerprint density at radius 3 is 2.69 bits per heavy atom. The second-order valence-electron chi connectivity index (χ2n) is 7.92. The lowest BCUT2D eigenvalue weighted by Crippen LogP contribution is -2.27. The molecule has 0 N–H and O–H groups in total. The van der Waals surface area contributed by atoms with Crippen molar-refractivity contribution in [2.45, 2.75) is 31.2 Å². The number of hydrogen-bond acceptors (Lipinski definition) is 7. The van der Waals surface area contributed by atoms with E-state index >= 15 is 0 Å². The van der Waals surface area contributed by atoms with Crippen LogP contribution in [0.2, 0.25) is 0 Å². The van der Waals surface area contributed by atoms with Gasteiger partial charge in [0.05, 0.1) is 28.9 Å². The number of anilines is 1. The maximum Gasteiger partial charge on any atom is 0.225 e. The van der Waals surface area contributed by atoms with Crippen molar-refractivity contribution in [3.8, 4) is 11.1 Å². The topological polar surface area (TPSA) is 90.2 Å².